The van der Waals surface area contributed by atoms with Gasteiger partial charge in [-0.05, 0) is 48.4 Å². The SMILES string of the molecule is CCNC(=O)N(CC(=O)N1CCc2sccc2C1COc1ccccc1OC)CC(C)C. The van der Waals surface area contributed by atoms with Crippen LogP contribution < -0.4 is 14.8 Å². The number of hydrogen-bond acceptors (Lipinski definition) is 5. The van der Waals surface area contributed by atoms with Crippen LogP contribution in [0.3, 0.4) is 0 Å². The second-order valence-corrected chi connectivity index (χ2v) is 9.22. The number of nitrogens with zero attached hydrogens (tertiary/aromatic N) is 2. The Bertz CT molecular complexity index is 914. The molecule has 174 valence electrons. The molecule has 32 heavy (non-hydrogen) atoms. The molecule has 1 N–H and O–H groups in total. The van der Waals surface area contributed by atoms with E-state index in [1.807, 2.05) is 49.9 Å². The van der Waals surface area contributed by atoms with Gasteiger partial charge >= 0.3 is 6.03 Å². The zero-order valence-corrected chi connectivity index (χ0v) is 20.1. The number of ether oxygens (including phenoxy) is 2. The highest BCUT2D eigenvalue weighted by Gasteiger charge is 2.33. The summed E-state index contributed by atoms with van der Waals surface area (Å²) in [5.74, 6) is 1.50. The van der Waals surface area contributed by atoms with Gasteiger partial charge < -0.3 is 24.6 Å². The number of fused-ring (bicyclic) bond motifs is 1. The zero-order valence-electron chi connectivity index (χ0n) is 19.3. The van der Waals surface area contributed by atoms with E-state index < -0.39 is 0 Å². The maximum Gasteiger partial charge on any atom is 0.317 e. The molecule has 0 fully saturated rings. The van der Waals surface area contributed by atoms with E-state index in [9.17, 15) is 9.59 Å². The molecule has 2 heterocycles. The molecule has 0 saturated carbocycles. The van der Waals surface area contributed by atoms with Crippen molar-refractivity contribution in [2.24, 2.45) is 5.92 Å². The summed E-state index contributed by atoms with van der Waals surface area (Å²) in [6.45, 7) is 7.99. The third-order valence-corrected chi connectivity index (χ3v) is 6.40. The third kappa shape index (κ3) is 5.73. The first-order valence-electron chi connectivity index (χ1n) is 11.1. The Balaban J connectivity index is 1.78. The van der Waals surface area contributed by atoms with Crippen LogP contribution in [0, 0.1) is 5.92 Å². The Morgan fingerprint density at radius 3 is 2.69 bits per heavy atom. The number of benzene rings is 1. The monoisotopic (exact) mass is 459 g/mol. The van der Waals surface area contributed by atoms with E-state index in [0.717, 1.165) is 12.0 Å². The summed E-state index contributed by atoms with van der Waals surface area (Å²) in [6.07, 6.45) is 0.815. The molecule has 0 saturated heterocycles. The van der Waals surface area contributed by atoms with Gasteiger partial charge in [-0.15, -0.1) is 11.3 Å². The molecule has 1 aliphatic heterocycles. The molecule has 0 bridgehead atoms. The summed E-state index contributed by atoms with van der Waals surface area (Å²) in [7, 11) is 1.61. The quantitative estimate of drug-likeness (QED) is 0.616. The molecule has 1 aromatic carbocycles. The first-order valence-corrected chi connectivity index (χ1v) is 12.0. The summed E-state index contributed by atoms with van der Waals surface area (Å²) in [6, 6.07) is 9.16. The number of methoxy groups -OCH3 is 1. The standard InChI is InChI=1S/C24H33N3O4S/c1-5-25-24(29)26(14-17(2)3)15-23(28)27-12-10-22-18(11-13-32-22)19(27)16-31-21-9-7-6-8-20(21)30-4/h6-9,11,13,17,19H,5,10,12,14-16H2,1-4H3,(H,25,29). The van der Waals surface area contributed by atoms with Gasteiger partial charge in [-0.2, -0.15) is 0 Å². The van der Waals surface area contributed by atoms with Crippen LogP contribution >= 0.6 is 11.3 Å². The third-order valence-electron chi connectivity index (χ3n) is 5.41. The van der Waals surface area contributed by atoms with Gasteiger partial charge in [0, 0.05) is 24.5 Å². The fourth-order valence-corrected chi connectivity index (χ4v) is 4.89. The minimum absolute atomic E-state index is 0.0502. The lowest BCUT2D eigenvalue weighted by molar-refractivity contribution is -0.135. The van der Waals surface area contributed by atoms with Crippen molar-refractivity contribution in [2.75, 3.05) is 39.9 Å². The van der Waals surface area contributed by atoms with Crippen molar-refractivity contribution >= 4 is 23.3 Å². The smallest absolute Gasteiger partial charge is 0.317 e. The number of carbonyl (C=O) groups excluding carboxylic acids is 2. The maximum atomic E-state index is 13.4. The molecule has 0 spiro atoms. The molecule has 2 aromatic rings. The van der Waals surface area contributed by atoms with Crippen molar-refractivity contribution in [3.8, 4) is 11.5 Å². The fraction of sp³-hybridized carbons (Fsp3) is 0.500. The van der Waals surface area contributed by atoms with Crippen LogP contribution in [0.25, 0.3) is 0 Å². The van der Waals surface area contributed by atoms with Gasteiger partial charge in [0.25, 0.3) is 0 Å². The summed E-state index contributed by atoms with van der Waals surface area (Å²) < 4.78 is 11.5. The highest BCUT2D eigenvalue weighted by molar-refractivity contribution is 7.10. The van der Waals surface area contributed by atoms with Crippen molar-refractivity contribution in [3.05, 3.63) is 46.2 Å². The van der Waals surface area contributed by atoms with Crippen molar-refractivity contribution < 1.29 is 19.1 Å². The van der Waals surface area contributed by atoms with E-state index >= 15 is 0 Å². The van der Waals surface area contributed by atoms with E-state index in [1.54, 1.807) is 23.3 Å². The Labute approximate surface area is 194 Å². The predicted octanol–water partition coefficient (Wildman–Crippen LogP) is 3.95. The summed E-state index contributed by atoms with van der Waals surface area (Å²) >= 11 is 1.71. The number of hydrogen-bond donors (Lipinski definition) is 1. The molecular weight excluding hydrogens is 426 g/mol. The number of amides is 3. The number of nitrogens with one attached hydrogen (secondary N) is 1. The second-order valence-electron chi connectivity index (χ2n) is 8.22. The molecule has 0 radical (unpaired) electrons. The predicted molar refractivity (Wildman–Crippen MR) is 126 cm³/mol. The van der Waals surface area contributed by atoms with E-state index in [2.05, 4.69) is 16.8 Å². The van der Waals surface area contributed by atoms with Crippen molar-refractivity contribution in [3.63, 3.8) is 0 Å². The molecule has 3 amide bonds. The van der Waals surface area contributed by atoms with E-state index in [0.29, 0.717) is 37.7 Å². The lowest BCUT2D eigenvalue weighted by Gasteiger charge is -2.37. The van der Waals surface area contributed by atoms with Gasteiger partial charge in [0.05, 0.1) is 13.2 Å². The molecular formula is C24H33N3O4S. The number of thiophene rings is 1. The Morgan fingerprint density at radius 1 is 1.25 bits per heavy atom. The van der Waals surface area contributed by atoms with Crippen molar-refractivity contribution in [2.45, 2.75) is 33.2 Å². The van der Waals surface area contributed by atoms with Gasteiger partial charge in [-0.3, -0.25) is 4.79 Å². The average molecular weight is 460 g/mol. The minimum atomic E-state index is -0.211. The Kier molecular flexibility index (Phi) is 8.39. The number of urea groups is 1. The topological polar surface area (TPSA) is 71.1 Å². The van der Waals surface area contributed by atoms with Gasteiger partial charge in [-0.1, -0.05) is 26.0 Å². The summed E-state index contributed by atoms with van der Waals surface area (Å²) in [4.78, 5) is 30.7. The van der Waals surface area contributed by atoms with E-state index in [-0.39, 0.29) is 30.4 Å². The molecule has 1 atom stereocenters. The molecule has 0 aliphatic carbocycles. The van der Waals surface area contributed by atoms with Gasteiger partial charge in [0.2, 0.25) is 5.91 Å². The van der Waals surface area contributed by atoms with Crippen LogP contribution in [-0.4, -0.2) is 61.6 Å². The molecule has 1 aromatic heterocycles. The second kappa shape index (κ2) is 11.2. The normalized spacial score (nSPS) is 15.3. The molecule has 3 rings (SSSR count). The number of rotatable bonds is 9. The fourth-order valence-electron chi connectivity index (χ4n) is 3.96. The van der Waals surface area contributed by atoms with Gasteiger partial charge in [-0.25, -0.2) is 4.79 Å². The van der Waals surface area contributed by atoms with E-state index in [1.165, 1.54) is 4.88 Å². The molecule has 7 nitrogen and oxygen atoms in total. The molecule has 8 heteroatoms. The largest absolute Gasteiger partial charge is 0.493 e. The summed E-state index contributed by atoms with van der Waals surface area (Å²) in [5.41, 5.74) is 1.12. The van der Waals surface area contributed by atoms with Crippen LogP contribution in [-0.2, 0) is 11.2 Å². The lowest BCUT2D eigenvalue weighted by atomic mass is 10.0. The van der Waals surface area contributed by atoms with Crippen LogP contribution in [0.15, 0.2) is 35.7 Å². The molecule has 1 aliphatic rings. The number of para-hydroxylation sites is 2. The lowest BCUT2D eigenvalue weighted by Crippen LogP contribution is -2.50. The van der Waals surface area contributed by atoms with Crippen LogP contribution in [0.5, 0.6) is 11.5 Å². The number of carbonyl (C=O) groups is 2. The van der Waals surface area contributed by atoms with Crippen LogP contribution in [0.2, 0.25) is 0 Å². The Morgan fingerprint density at radius 2 is 2.00 bits per heavy atom. The maximum absolute atomic E-state index is 13.4. The van der Waals surface area contributed by atoms with Crippen molar-refractivity contribution in [1.29, 1.82) is 0 Å². The van der Waals surface area contributed by atoms with Gasteiger partial charge in [0.1, 0.15) is 13.2 Å². The minimum Gasteiger partial charge on any atom is -0.493 e. The van der Waals surface area contributed by atoms with Crippen LogP contribution in [0.4, 0.5) is 4.79 Å². The highest BCUT2D eigenvalue weighted by atomic mass is 32.1. The first-order chi connectivity index (χ1) is 15.4. The average Bonchev–Trinajstić information content (AvgIpc) is 3.26. The zero-order chi connectivity index (χ0) is 23.1. The van der Waals surface area contributed by atoms with Gasteiger partial charge in [0.15, 0.2) is 11.5 Å². The first kappa shape index (κ1) is 23.9. The Hall–Kier alpha value is -2.74. The highest BCUT2D eigenvalue weighted by Crippen LogP contribution is 2.35. The van der Waals surface area contributed by atoms with Crippen molar-refractivity contribution in [1.82, 2.24) is 15.1 Å². The van der Waals surface area contributed by atoms with E-state index in [4.69, 9.17) is 9.47 Å². The summed E-state index contributed by atoms with van der Waals surface area (Å²) in [5, 5.41) is 4.88. The molecule has 1 unspecified atom stereocenters. The van der Waals surface area contributed by atoms with Crippen LogP contribution in [0.1, 0.15) is 37.3 Å².